The second kappa shape index (κ2) is 12.3. The molecule has 0 amide bonds. The van der Waals surface area contributed by atoms with E-state index in [0.717, 1.165) is 50.9 Å². The van der Waals surface area contributed by atoms with Crippen molar-refractivity contribution in [1.82, 2.24) is 15.5 Å². The zero-order valence-corrected chi connectivity index (χ0v) is 18.8. The molecule has 0 aliphatic carbocycles. The first-order chi connectivity index (χ1) is 12.9. The van der Waals surface area contributed by atoms with Crippen LogP contribution in [0.15, 0.2) is 41.4 Å². The Hall–Kier alpha value is -1.29. The van der Waals surface area contributed by atoms with E-state index in [1.165, 1.54) is 12.1 Å². The van der Waals surface area contributed by atoms with Crippen molar-refractivity contribution in [2.24, 2.45) is 4.99 Å². The predicted molar refractivity (Wildman–Crippen MR) is 119 cm³/mol. The minimum atomic E-state index is -4.29. The Balaban J connectivity index is 0.00000392. The molecule has 1 heterocycles. The Morgan fingerprint density at radius 3 is 2.61 bits per heavy atom. The van der Waals surface area contributed by atoms with Crippen LogP contribution in [0.3, 0.4) is 0 Å². The number of guanidine groups is 1. The number of hydrogen-bond donors (Lipinski definition) is 2. The number of benzene rings is 1. The Morgan fingerprint density at radius 1 is 1.29 bits per heavy atom. The third-order valence-electron chi connectivity index (χ3n) is 4.65. The van der Waals surface area contributed by atoms with Crippen molar-refractivity contribution in [3.63, 3.8) is 0 Å². The summed E-state index contributed by atoms with van der Waals surface area (Å²) < 4.78 is 38.5. The molecule has 28 heavy (non-hydrogen) atoms. The lowest BCUT2D eigenvalue weighted by Gasteiger charge is -2.33. The molecule has 158 valence electrons. The van der Waals surface area contributed by atoms with E-state index < -0.39 is 11.7 Å². The molecule has 1 aromatic rings. The van der Waals surface area contributed by atoms with Crippen LogP contribution in [-0.2, 0) is 12.7 Å². The first kappa shape index (κ1) is 24.7. The minimum absolute atomic E-state index is 0. The molecule has 1 aliphatic heterocycles. The number of piperidine rings is 1. The van der Waals surface area contributed by atoms with Crippen molar-refractivity contribution in [1.29, 1.82) is 0 Å². The summed E-state index contributed by atoms with van der Waals surface area (Å²) in [5.41, 5.74) is 0.127. The van der Waals surface area contributed by atoms with E-state index in [4.69, 9.17) is 0 Å². The van der Waals surface area contributed by atoms with Gasteiger partial charge in [0.05, 0.1) is 5.56 Å². The largest absolute Gasteiger partial charge is 0.416 e. The molecule has 0 atom stereocenters. The van der Waals surface area contributed by atoms with Gasteiger partial charge in [-0.15, -0.1) is 24.0 Å². The maximum absolute atomic E-state index is 12.8. The van der Waals surface area contributed by atoms with Crippen LogP contribution in [0.4, 0.5) is 13.2 Å². The molecule has 0 aromatic heterocycles. The van der Waals surface area contributed by atoms with Gasteiger partial charge in [0.15, 0.2) is 5.96 Å². The number of likely N-dealkylation sites (tertiary alicyclic amines) is 1. The second-order valence-electron chi connectivity index (χ2n) is 6.75. The summed E-state index contributed by atoms with van der Waals surface area (Å²) in [5.74, 6) is 0.802. The van der Waals surface area contributed by atoms with E-state index in [0.29, 0.717) is 18.2 Å². The van der Waals surface area contributed by atoms with Crippen LogP contribution in [-0.4, -0.2) is 43.6 Å². The minimum Gasteiger partial charge on any atom is -0.356 e. The van der Waals surface area contributed by atoms with Crippen LogP contribution < -0.4 is 10.6 Å². The van der Waals surface area contributed by atoms with E-state index in [2.05, 4.69) is 26.6 Å². The second-order valence-corrected chi connectivity index (χ2v) is 6.75. The van der Waals surface area contributed by atoms with E-state index in [9.17, 15) is 13.2 Å². The van der Waals surface area contributed by atoms with Crippen molar-refractivity contribution >= 4 is 29.9 Å². The van der Waals surface area contributed by atoms with Gasteiger partial charge >= 0.3 is 6.18 Å². The highest BCUT2D eigenvalue weighted by molar-refractivity contribution is 14.0. The highest BCUT2D eigenvalue weighted by atomic mass is 127. The number of allylic oxidation sites excluding steroid dienone is 1. The summed E-state index contributed by atoms with van der Waals surface area (Å²) in [6, 6.07) is 5.94. The van der Waals surface area contributed by atoms with Crippen LogP contribution in [0.5, 0.6) is 0 Å². The van der Waals surface area contributed by atoms with Gasteiger partial charge in [0.1, 0.15) is 0 Å². The lowest BCUT2D eigenvalue weighted by molar-refractivity contribution is -0.137. The molecule has 2 rings (SSSR count). The Bertz CT molecular complexity index is 639. The maximum Gasteiger partial charge on any atom is 0.416 e. The van der Waals surface area contributed by atoms with E-state index in [1.54, 1.807) is 13.1 Å². The number of aliphatic imine (C=N–C) groups is 1. The lowest BCUT2D eigenvalue weighted by Crippen LogP contribution is -2.48. The first-order valence-corrected chi connectivity index (χ1v) is 9.39. The van der Waals surface area contributed by atoms with Crippen LogP contribution in [0.2, 0.25) is 0 Å². The number of rotatable bonds is 6. The molecule has 0 bridgehead atoms. The molecule has 1 saturated heterocycles. The summed E-state index contributed by atoms with van der Waals surface area (Å²) in [5, 5.41) is 6.73. The van der Waals surface area contributed by atoms with Crippen LogP contribution in [0, 0.1) is 0 Å². The molecule has 1 aliphatic rings. The van der Waals surface area contributed by atoms with Crippen molar-refractivity contribution < 1.29 is 13.2 Å². The van der Waals surface area contributed by atoms with Crippen LogP contribution in [0.25, 0.3) is 0 Å². The SMILES string of the molecule is C/C=C/CCNC(=NC)NC1CCN(Cc2cccc(C(F)(F)F)c2)CC1.I. The maximum atomic E-state index is 12.8. The molecular weight excluding hydrogens is 480 g/mol. The number of halogens is 4. The van der Waals surface area contributed by atoms with Gasteiger partial charge in [-0.3, -0.25) is 9.89 Å². The van der Waals surface area contributed by atoms with Gasteiger partial charge in [-0.25, -0.2) is 0 Å². The van der Waals surface area contributed by atoms with E-state index in [1.807, 2.05) is 13.0 Å². The Kier molecular flexibility index (Phi) is 10.9. The molecular formula is C20H30F3IN4. The summed E-state index contributed by atoms with van der Waals surface area (Å²) >= 11 is 0. The third-order valence-corrected chi connectivity index (χ3v) is 4.65. The predicted octanol–water partition coefficient (Wildman–Crippen LogP) is 4.42. The van der Waals surface area contributed by atoms with Gasteiger partial charge in [0.25, 0.3) is 0 Å². The monoisotopic (exact) mass is 510 g/mol. The quantitative estimate of drug-likeness (QED) is 0.196. The zero-order chi connectivity index (χ0) is 19.7. The molecule has 2 N–H and O–H groups in total. The first-order valence-electron chi connectivity index (χ1n) is 9.39. The fraction of sp³-hybridized carbons (Fsp3) is 0.550. The number of hydrogen-bond acceptors (Lipinski definition) is 2. The summed E-state index contributed by atoms with van der Waals surface area (Å²) in [6.45, 7) is 5.08. The van der Waals surface area contributed by atoms with Crippen LogP contribution >= 0.6 is 24.0 Å². The normalized spacial score (nSPS) is 16.8. The topological polar surface area (TPSA) is 39.7 Å². The standard InChI is InChI=1S/C20H29F3N4.HI/c1-3-4-5-11-25-19(24-2)26-18-9-12-27(13-10-18)15-16-7-6-8-17(14-16)20(21,22)23;/h3-4,6-8,14,18H,5,9-13,15H2,1-2H3,(H2,24,25,26);1H/b4-3+;. The highest BCUT2D eigenvalue weighted by Gasteiger charge is 2.30. The zero-order valence-electron chi connectivity index (χ0n) is 16.4. The molecule has 4 nitrogen and oxygen atoms in total. The fourth-order valence-electron chi connectivity index (χ4n) is 3.17. The number of nitrogens with one attached hydrogen (secondary N) is 2. The summed E-state index contributed by atoms with van der Waals surface area (Å²) in [4.78, 5) is 6.45. The van der Waals surface area contributed by atoms with Gasteiger partial charge in [-0.05, 0) is 37.8 Å². The smallest absolute Gasteiger partial charge is 0.356 e. The summed E-state index contributed by atoms with van der Waals surface area (Å²) in [7, 11) is 1.76. The molecule has 0 radical (unpaired) electrons. The van der Waals surface area contributed by atoms with Gasteiger partial charge in [-0.1, -0.05) is 30.4 Å². The molecule has 8 heteroatoms. The van der Waals surface area contributed by atoms with Crippen LogP contribution in [0.1, 0.15) is 37.3 Å². The molecule has 1 fully saturated rings. The van der Waals surface area contributed by atoms with E-state index >= 15 is 0 Å². The van der Waals surface area contributed by atoms with Gasteiger partial charge in [0.2, 0.25) is 0 Å². The van der Waals surface area contributed by atoms with E-state index in [-0.39, 0.29) is 24.0 Å². The number of alkyl halides is 3. The van der Waals surface area contributed by atoms with Crippen molar-refractivity contribution in [3.05, 3.63) is 47.5 Å². The highest BCUT2D eigenvalue weighted by Crippen LogP contribution is 2.30. The molecule has 0 spiro atoms. The van der Waals surface area contributed by atoms with Gasteiger partial charge in [0, 0.05) is 39.3 Å². The Labute approximate surface area is 182 Å². The molecule has 1 aromatic carbocycles. The molecule has 0 unspecified atom stereocenters. The summed E-state index contributed by atoms with van der Waals surface area (Å²) in [6.07, 6.45) is 2.67. The van der Waals surface area contributed by atoms with Gasteiger partial charge in [-0.2, -0.15) is 13.2 Å². The van der Waals surface area contributed by atoms with Crippen molar-refractivity contribution in [3.8, 4) is 0 Å². The fourth-order valence-corrected chi connectivity index (χ4v) is 3.17. The average molecular weight is 510 g/mol. The number of nitrogens with zero attached hydrogens (tertiary/aromatic N) is 2. The average Bonchev–Trinajstić information content (AvgIpc) is 2.65. The van der Waals surface area contributed by atoms with Gasteiger partial charge < -0.3 is 10.6 Å². The molecule has 0 saturated carbocycles. The lowest BCUT2D eigenvalue weighted by atomic mass is 10.0. The van der Waals surface area contributed by atoms with Crippen molar-refractivity contribution in [2.75, 3.05) is 26.7 Å². The Morgan fingerprint density at radius 2 is 2.00 bits per heavy atom. The van der Waals surface area contributed by atoms with Crippen molar-refractivity contribution in [2.45, 2.75) is 44.9 Å². The third kappa shape index (κ3) is 8.38.